The lowest BCUT2D eigenvalue weighted by molar-refractivity contribution is 0.0586. The largest absolute Gasteiger partial charge is 0.489 e. The van der Waals surface area contributed by atoms with E-state index in [4.69, 9.17) is 4.74 Å². The van der Waals surface area contributed by atoms with Gasteiger partial charge in [0.2, 0.25) is 0 Å². The minimum absolute atomic E-state index is 0.0628. The summed E-state index contributed by atoms with van der Waals surface area (Å²) in [6, 6.07) is 3.59. The van der Waals surface area contributed by atoms with Gasteiger partial charge >= 0.3 is 11.9 Å². The molecule has 9 nitrogen and oxygen atoms in total. The highest BCUT2D eigenvalue weighted by atomic mass is 16.5. The number of H-pyrrole nitrogens is 2. The van der Waals surface area contributed by atoms with Gasteiger partial charge in [-0.1, -0.05) is 6.92 Å². The molecule has 2 N–H and O–H groups in total. The number of aromatic amines is 2. The van der Waals surface area contributed by atoms with E-state index in [0.29, 0.717) is 6.42 Å². The molecule has 3 rings (SSSR count). The molecule has 0 bridgehead atoms. The molecule has 0 radical (unpaired) electrons. The molecular weight excluding hydrogens is 368 g/mol. The molecule has 0 unspecified atom stereocenters. The van der Waals surface area contributed by atoms with Gasteiger partial charge in [0.05, 0.1) is 42.6 Å². The maximum absolute atomic E-state index is 12.6. The SMILES string of the molecule is CCCOc1c2[nH]c(C(=O)OC)cc(=O)c2cc2c(=O)cc(C(=O)OC)[nH]c12. The molecule has 28 heavy (non-hydrogen) atoms. The highest BCUT2D eigenvalue weighted by Crippen LogP contribution is 2.30. The lowest BCUT2D eigenvalue weighted by Gasteiger charge is -2.13. The van der Waals surface area contributed by atoms with Crippen LogP contribution in [-0.4, -0.2) is 42.7 Å². The quantitative estimate of drug-likeness (QED) is 0.505. The van der Waals surface area contributed by atoms with Crippen LogP contribution in [0.1, 0.15) is 34.3 Å². The van der Waals surface area contributed by atoms with Gasteiger partial charge in [-0.25, -0.2) is 9.59 Å². The van der Waals surface area contributed by atoms with Crippen molar-refractivity contribution in [3.63, 3.8) is 0 Å². The minimum atomic E-state index is -0.725. The average Bonchev–Trinajstić information content (AvgIpc) is 2.70. The molecule has 0 aliphatic carbocycles. The van der Waals surface area contributed by atoms with Crippen LogP contribution in [0.2, 0.25) is 0 Å². The van der Waals surface area contributed by atoms with E-state index in [1.165, 1.54) is 20.3 Å². The number of fused-ring (bicyclic) bond motifs is 2. The molecular formula is C19H18N2O7. The van der Waals surface area contributed by atoms with Gasteiger partial charge in [0.15, 0.2) is 16.6 Å². The zero-order valence-electron chi connectivity index (χ0n) is 15.5. The van der Waals surface area contributed by atoms with E-state index in [2.05, 4.69) is 19.4 Å². The van der Waals surface area contributed by atoms with Crippen LogP contribution < -0.4 is 15.6 Å². The van der Waals surface area contributed by atoms with Crippen LogP contribution in [0.5, 0.6) is 5.75 Å². The van der Waals surface area contributed by atoms with Crippen LogP contribution in [0.25, 0.3) is 21.8 Å². The molecule has 0 saturated heterocycles. The number of hydrogen-bond donors (Lipinski definition) is 2. The van der Waals surface area contributed by atoms with Crippen molar-refractivity contribution in [1.29, 1.82) is 0 Å². The summed E-state index contributed by atoms with van der Waals surface area (Å²) in [5.41, 5.74) is -0.653. The van der Waals surface area contributed by atoms with Crippen molar-refractivity contribution in [3.05, 3.63) is 50.0 Å². The molecule has 9 heteroatoms. The number of methoxy groups -OCH3 is 2. The first-order valence-corrected chi connectivity index (χ1v) is 8.47. The van der Waals surface area contributed by atoms with E-state index < -0.39 is 22.8 Å². The second kappa shape index (κ2) is 7.55. The molecule has 2 aromatic heterocycles. The third-order valence-electron chi connectivity index (χ3n) is 4.14. The van der Waals surface area contributed by atoms with Crippen LogP contribution in [-0.2, 0) is 9.47 Å². The molecule has 0 atom stereocenters. The number of esters is 2. The third kappa shape index (κ3) is 3.22. The normalized spacial score (nSPS) is 10.8. The number of carbonyl (C=O) groups excluding carboxylic acids is 2. The van der Waals surface area contributed by atoms with Crippen LogP contribution in [0.15, 0.2) is 27.8 Å². The van der Waals surface area contributed by atoms with Crippen LogP contribution in [0.3, 0.4) is 0 Å². The van der Waals surface area contributed by atoms with Gasteiger partial charge in [-0.05, 0) is 12.5 Å². The lowest BCUT2D eigenvalue weighted by Crippen LogP contribution is -2.15. The Labute approximate surface area is 158 Å². The summed E-state index contributed by atoms with van der Waals surface area (Å²) in [5.74, 6) is -1.30. The maximum Gasteiger partial charge on any atom is 0.354 e. The molecule has 0 aliphatic rings. The molecule has 0 aliphatic heterocycles. The topological polar surface area (TPSA) is 128 Å². The monoisotopic (exact) mass is 386 g/mol. The fraction of sp³-hybridized carbons (Fsp3) is 0.263. The number of hydrogen-bond acceptors (Lipinski definition) is 7. The Balaban J connectivity index is 2.47. The molecule has 1 aromatic carbocycles. The number of carbonyl (C=O) groups is 2. The first kappa shape index (κ1) is 19.2. The van der Waals surface area contributed by atoms with E-state index in [1.54, 1.807) is 0 Å². The van der Waals surface area contributed by atoms with Crippen molar-refractivity contribution in [2.24, 2.45) is 0 Å². The van der Waals surface area contributed by atoms with E-state index in [1.807, 2.05) is 6.92 Å². The maximum atomic E-state index is 12.6. The number of benzene rings is 1. The Morgan fingerprint density at radius 1 is 0.857 bits per heavy atom. The number of ether oxygens (including phenoxy) is 3. The van der Waals surface area contributed by atoms with Crippen LogP contribution >= 0.6 is 0 Å². The van der Waals surface area contributed by atoms with Crippen LogP contribution in [0.4, 0.5) is 0 Å². The van der Waals surface area contributed by atoms with Gasteiger partial charge in [-0.15, -0.1) is 0 Å². The van der Waals surface area contributed by atoms with Crippen molar-refractivity contribution in [2.75, 3.05) is 20.8 Å². The predicted octanol–water partition coefficient (Wildman–Crippen LogP) is 1.73. The van der Waals surface area contributed by atoms with E-state index in [-0.39, 0.29) is 45.6 Å². The van der Waals surface area contributed by atoms with Gasteiger partial charge < -0.3 is 24.2 Å². The van der Waals surface area contributed by atoms with Gasteiger partial charge in [0.1, 0.15) is 11.4 Å². The van der Waals surface area contributed by atoms with Crippen molar-refractivity contribution in [2.45, 2.75) is 13.3 Å². The zero-order chi connectivity index (χ0) is 20.4. The van der Waals surface area contributed by atoms with Gasteiger partial charge in [-0.2, -0.15) is 0 Å². The number of aromatic nitrogens is 2. The molecule has 3 aromatic rings. The van der Waals surface area contributed by atoms with E-state index in [9.17, 15) is 19.2 Å². The molecule has 0 amide bonds. The summed E-state index contributed by atoms with van der Waals surface area (Å²) in [6.07, 6.45) is 0.653. The van der Waals surface area contributed by atoms with Crippen molar-refractivity contribution in [3.8, 4) is 5.75 Å². The summed E-state index contributed by atoms with van der Waals surface area (Å²) >= 11 is 0. The third-order valence-corrected chi connectivity index (χ3v) is 4.14. The number of nitrogens with one attached hydrogen (secondary N) is 2. The van der Waals surface area contributed by atoms with Gasteiger partial charge in [0.25, 0.3) is 0 Å². The Kier molecular flexibility index (Phi) is 5.16. The second-order valence-corrected chi connectivity index (χ2v) is 5.98. The van der Waals surface area contributed by atoms with E-state index >= 15 is 0 Å². The number of pyridine rings is 2. The summed E-state index contributed by atoms with van der Waals surface area (Å²) in [4.78, 5) is 54.5. The summed E-state index contributed by atoms with van der Waals surface area (Å²) in [6.45, 7) is 2.17. The minimum Gasteiger partial charge on any atom is -0.489 e. The second-order valence-electron chi connectivity index (χ2n) is 5.98. The summed E-state index contributed by atoms with van der Waals surface area (Å²) in [7, 11) is 2.39. The van der Waals surface area contributed by atoms with Gasteiger partial charge in [0, 0.05) is 12.1 Å². The smallest absolute Gasteiger partial charge is 0.354 e. The summed E-state index contributed by atoms with van der Waals surface area (Å²) < 4.78 is 15.1. The number of rotatable bonds is 5. The Bertz CT molecular complexity index is 1120. The average molecular weight is 386 g/mol. The summed E-state index contributed by atoms with van der Waals surface area (Å²) in [5, 5.41) is 0.338. The molecule has 2 heterocycles. The molecule has 146 valence electrons. The molecule has 0 spiro atoms. The molecule has 0 fully saturated rings. The Morgan fingerprint density at radius 2 is 1.32 bits per heavy atom. The Hall–Kier alpha value is -3.62. The predicted molar refractivity (Wildman–Crippen MR) is 101 cm³/mol. The standard InChI is InChI=1S/C19H18N2O7/c1-4-5-28-17-15-9(13(22)7-11(20-15)18(24)26-2)6-10-14(23)8-12(19(25)27-3)21-16(10)17/h6-8H,4-5H2,1-3H3,(H,20,22)(H,21,23). The Morgan fingerprint density at radius 3 is 1.71 bits per heavy atom. The highest BCUT2D eigenvalue weighted by Gasteiger charge is 2.19. The van der Waals surface area contributed by atoms with Gasteiger partial charge in [-0.3, -0.25) is 9.59 Å². The van der Waals surface area contributed by atoms with Crippen LogP contribution in [0, 0.1) is 0 Å². The fourth-order valence-electron chi connectivity index (χ4n) is 2.84. The van der Waals surface area contributed by atoms with Crippen molar-refractivity contribution >= 4 is 33.7 Å². The molecule has 0 saturated carbocycles. The zero-order valence-corrected chi connectivity index (χ0v) is 15.5. The fourth-order valence-corrected chi connectivity index (χ4v) is 2.84. The first-order chi connectivity index (χ1) is 13.4. The van der Waals surface area contributed by atoms with Crippen molar-refractivity contribution < 1.29 is 23.8 Å². The lowest BCUT2D eigenvalue weighted by atomic mass is 10.1. The first-order valence-electron chi connectivity index (χ1n) is 8.47. The van der Waals surface area contributed by atoms with E-state index in [0.717, 1.165) is 12.1 Å². The highest BCUT2D eigenvalue weighted by molar-refractivity contribution is 6.04. The van der Waals surface area contributed by atoms with Crippen molar-refractivity contribution in [1.82, 2.24) is 9.97 Å².